The van der Waals surface area contributed by atoms with Gasteiger partial charge in [0.2, 0.25) is 11.8 Å². The van der Waals surface area contributed by atoms with Crippen LogP contribution in [0.2, 0.25) is 10.0 Å². The third-order valence-corrected chi connectivity index (χ3v) is 10.6. The Morgan fingerprint density at radius 1 is 0.955 bits per heavy atom. The Kier molecular flexibility index (Phi) is 11.4. The number of carbonyl (C=O) groups is 2. The standard InChI is InChI=1S/C34H41Cl2N3O4S/c1-5-32(34(41)37-28-8-6-7-9-28)38(21-26-12-15-27(35)20-31(26)36)33(40)22-39(29-16-13-25(14-17-29)23(2)3)44(42,43)30-18-10-24(4)11-19-30/h10-20,23,28,32H,5-9,21-22H2,1-4H3,(H,37,41)/t32-/m0/s1. The summed E-state index contributed by atoms with van der Waals surface area (Å²) < 4.78 is 29.4. The van der Waals surface area contributed by atoms with Crippen molar-refractivity contribution in [2.45, 2.75) is 89.2 Å². The second-order valence-electron chi connectivity index (χ2n) is 11.7. The maximum Gasteiger partial charge on any atom is 0.264 e. The van der Waals surface area contributed by atoms with Crippen molar-refractivity contribution >= 4 is 50.7 Å². The Morgan fingerprint density at radius 3 is 2.16 bits per heavy atom. The Labute approximate surface area is 271 Å². The topological polar surface area (TPSA) is 86.8 Å². The first-order valence-electron chi connectivity index (χ1n) is 15.1. The van der Waals surface area contributed by atoms with Gasteiger partial charge in [-0.1, -0.05) is 92.7 Å². The molecule has 4 rings (SSSR count). The van der Waals surface area contributed by atoms with Crippen LogP contribution in [0.3, 0.4) is 0 Å². The Balaban J connectivity index is 1.74. The number of carbonyl (C=O) groups excluding carboxylic acids is 2. The summed E-state index contributed by atoms with van der Waals surface area (Å²) >= 11 is 12.7. The number of sulfonamides is 1. The summed E-state index contributed by atoms with van der Waals surface area (Å²) in [6.07, 6.45) is 4.23. The monoisotopic (exact) mass is 657 g/mol. The molecule has 0 radical (unpaired) electrons. The highest BCUT2D eigenvalue weighted by Gasteiger charge is 2.35. The lowest BCUT2D eigenvalue weighted by molar-refractivity contribution is -0.140. The van der Waals surface area contributed by atoms with E-state index in [4.69, 9.17) is 23.2 Å². The number of hydrogen-bond acceptors (Lipinski definition) is 4. The van der Waals surface area contributed by atoms with Crippen LogP contribution in [0.4, 0.5) is 5.69 Å². The number of nitrogens with one attached hydrogen (secondary N) is 1. The van der Waals surface area contributed by atoms with Gasteiger partial charge in [0.25, 0.3) is 10.0 Å². The van der Waals surface area contributed by atoms with Crippen LogP contribution in [0.5, 0.6) is 0 Å². The predicted molar refractivity (Wildman–Crippen MR) is 178 cm³/mol. The van der Waals surface area contributed by atoms with Crippen LogP contribution in [0.15, 0.2) is 71.6 Å². The highest BCUT2D eigenvalue weighted by Crippen LogP contribution is 2.28. The molecule has 3 aromatic rings. The van der Waals surface area contributed by atoms with Crippen molar-refractivity contribution < 1.29 is 18.0 Å². The molecule has 0 unspecified atom stereocenters. The highest BCUT2D eigenvalue weighted by molar-refractivity contribution is 7.92. The highest BCUT2D eigenvalue weighted by atomic mass is 35.5. The molecule has 0 bridgehead atoms. The Hall–Kier alpha value is -3.07. The van der Waals surface area contributed by atoms with Crippen molar-refractivity contribution in [3.8, 4) is 0 Å². The second-order valence-corrected chi connectivity index (χ2v) is 14.4. The fourth-order valence-electron chi connectivity index (χ4n) is 5.51. The summed E-state index contributed by atoms with van der Waals surface area (Å²) in [7, 11) is -4.15. The first kappa shape index (κ1) is 33.8. The lowest BCUT2D eigenvalue weighted by Gasteiger charge is -2.34. The zero-order valence-electron chi connectivity index (χ0n) is 25.7. The second kappa shape index (κ2) is 14.8. The van der Waals surface area contributed by atoms with Crippen LogP contribution in [0, 0.1) is 6.92 Å². The number of hydrogen-bond donors (Lipinski definition) is 1. The summed E-state index contributed by atoms with van der Waals surface area (Å²) in [6.45, 7) is 7.34. The first-order chi connectivity index (χ1) is 20.9. The molecule has 44 heavy (non-hydrogen) atoms. The molecule has 0 aromatic heterocycles. The average Bonchev–Trinajstić information content (AvgIpc) is 3.50. The van der Waals surface area contributed by atoms with Gasteiger partial charge in [-0.15, -0.1) is 0 Å². The molecular formula is C34H41Cl2N3O4S. The van der Waals surface area contributed by atoms with Crippen LogP contribution in [-0.4, -0.2) is 43.8 Å². The smallest absolute Gasteiger partial charge is 0.264 e. The summed E-state index contributed by atoms with van der Waals surface area (Å²) in [5.41, 5.74) is 2.92. The third kappa shape index (κ3) is 8.14. The molecule has 0 heterocycles. The van der Waals surface area contributed by atoms with Gasteiger partial charge in [-0.25, -0.2) is 8.42 Å². The normalized spacial score (nSPS) is 14.4. The maximum atomic E-state index is 14.3. The van der Waals surface area contributed by atoms with Gasteiger partial charge in [-0.2, -0.15) is 0 Å². The van der Waals surface area contributed by atoms with E-state index in [9.17, 15) is 18.0 Å². The molecule has 1 fully saturated rings. The molecule has 0 aliphatic heterocycles. The Morgan fingerprint density at radius 2 is 1.59 bits per heavy atom. The van der Waals surface area contributed by atoms with Crippen LogP contribution in [0.1, 0.15) is 75.5 Å². The number of nitrogens with zero attached hydrogens (tertiary/aromatic N) is 2. The largest absolute Gasteiger partial charge is 0.352 e. The molecule has 1 saturated carbocycles. The van der Waals surface area contributed by atoms with E-state index in [1.54, 1.807) is 54.6 Å². The molecule has 2 amide bonds. The molecule has 0 saturated heterocycles. The van der Waals surface area contributed by atoms with Crippen molar-refractivity contribution in [1.82, 2.24) is 10.2 Å². The van der Waals surface area contributed by atoms with Gasteiger partial charge in [0.1, 0.15) is 12.6 Å². The van der Waals surface area contributed by atoms with E-state index in [0.29, 0.717) is 27.7 Å². The molecule has 1 atom stereocenters. The van der Waals surface area contributed by atoms with E-state index in [1.807, 2.05) is 26.0 Å². The maximum absolute atomic E-state index is 14.3. The van der Waals surface area contributed by atoms with E-state index in [-0.39, 0.29) is 29.3 Å². The number of benzene rings is 3. The summed E-state index contributed by atoms with van der Waals surface area (Å²) in [6, 6.07) is 17.9. The lowest BCUT2D eigenvalue weighted by atomic mass is 10.0. The summed E-state index contributed by atoms with van der Waals surface area (Å²) in [5, 5.41) is 3.92. The molecule has 1 aliphatic rings. The van der Waals surface area contributed by atoms with E-state index in [1.165, 1.54) is 4.90 Å². The average molecular weight is 659 g/mol. The zero-order chi connectivity index (χ0) is 32.0. The van der Waals surface area contributed by atoms with Crippen molar-refractivity contribution in [2.24, 2.45) is 0 Å². The number of rotatable bonds is 12. The van der Waals surface area contributed by atoms with Gasteiger partial charge >= 0.3 is 0 Å². The minimum atomic E-state index is -4.15. The number of aryl methyl sites for hydroxylation is 1. The van der Waals surface area contributed by atoms with Crippen LogP contribution >= 0.6 is 23.2 Å². The van der Waals surface area contributed by atoms with E-state index >= 15 is 0 Å². The quantitative estimate of drug-likeness (QED) is 0.219. The molecular weight excluding hydrogens is 617 g/mol. The van der Waals surface area contributed by atoms with Crippen molar-refractivity contribution in [1.29, 1.82) is 0 Å². The molecule has 3 aromatic carbocycles. The van der Waals surface area contributed by atoms with Crippen molar-refractivity contribution in [2.75, 3.05) is 10.8 Å². The number of halogens is 2. The Bertz CT molecular complexity index is 1550. The van der Waals surface area contributed by atoms with Crippen molar-refractivity contribution in [3.05, 3.63) is 93.5 Å². The number of anilines is 1. The van der Waals surface area contributed by atoms with Crippen LogP contribution < -0.4 is 9.62 Å². The summed E-state index contributed by atoms with van der Waals surface area (Å²) in [5.74, 6) is -0.531. The fourth-order valence-corrected chi connectivity index (χ4v) is 7.39. The minimum Gasteiger partial charge on any atom is -0.352 e. The van der Waals surface area contributed by atoms with E-state index < -0.39 is 28.5 Å². The van der Waals surface area contributed by atoms with Gasteiger partial charge < -0.3 is 10.2 Å². The van der Waals surface area contributed by atoms with Gasteiger partial charge in [0, 0.05) is 22.6 Å². The molecule has 7 nitrogen and oxygen atoms in total. The lowest BCUT2D eigenvalue weighted by Crippen LogP contribution is -2.53. The third-order valence-electron chi connectivity index (χ3n) is 8.18. The molecule has 1 aliphatic carbocycles. The summed E-state index contributed by atoms with van der Waals surface area (Å²) in [4.78, 5) is 29.5. The van der Waals surface area contributed by atoms with E-state index in [2.05, 4.69) is 19.2 Å². The zero-order valence-corrected chi connectivity index (χ0v) is 28.1. The molecule has 1 N–H and O–H groups in total. The van der Waals surface area contributed by atoms with Crippen molar-refractivity contribution in [3.63, 3.8) is 0 Å². The molecule has 10 heteroatoms. The fraction of sp³-hybridized carbons (Fsp3) is 0.412. The number of amides is 2. The first-order valence-corrected chi connectivity index (χ1v) is 17.3. The van der Waals surface area contributed by atoms with Crippen LogP contribution in [-0.2, 0) is 26.2 Å². The van der Waals surface area contributed by atoms with Gasteiger partial charge in [-0.3, -0.25) is 13.9 Å². The van der Waals surface area contributed by atoms with E-state index in [0.717, 1.165) is 41.1 Å². The molecule has 0 spiro atoms. The minimum absolute atomic E-state index is 0.0101. The van der Waals surface area contributed by atoms with Gasteiger partial charge in [0.15, 0.2) is 0 Å². The molecule has 236 valence electrons. The van der Waals surface area contributed by atoms with Gasteiger partial charge in [-0.05, 0) is 79.6 Å². The SMILES string of the molecule is CC[C@@H](C(=O)NC1CCCC1)N(Cc1ccc(Cl)cc1Cl)C(=O)CN(c1ccc(C(C)C)cc1)S(=O)(=O)c1ccc(C)cc1. The van der Waals surface area contributed by atoms with Gasteiger partial charge in [0.05, 0.1) is 10.6 Å². The van der Waals surface area contributed by atoms with Crippen LogP contribution in [0.25, 0.3) is 0 Å². The predicted octanol–water partition coefficient (Wildman–Crippen LogP) is 7.49.